The van der Waals surface area contributed by atoms with Gasteiger partial charge in [0, 0.05) is 12.6 Å². The van der Waals surface area contributed by atoms with E-state index in [1.165, 1.54) is 0 Å². The zero-order chi connectivity index (χ0) is 15.1. The van der Waals surface area contributed by atoms with Crippen LogP contribution in [0.3, 0.4) is 0 Å². The molecule has 5 nitrogen and oxygen atoms in total. The van der Waals surface area contributed by atoms with Crippen LogP contribution in [0.5, 0.6) is 0 Å². The molecular weight excluding hydrogens is 286 g/mol. The van der Waals surface area contributed by atoms with Crippen molar-refractivity contribution in [2.75, 3.05) is 25.5 Å². The first-order valence-corrected chi connectivity index (χ1v) is 9.07. The second-order valence-electron chi connectivity index (χ2n) is 5.99. The Morgan fingerprint density at radius 2 is 2.29 bits per heavy atom. The zero-order valence-electron chi connectivity index (χ0n) is 13.3. The number of aromatic nitrogens is 2. The lowest BCUT2D eigenvalue weighted by atomic mass is 9.95. The van der Waals surface area contributed by atoms with Gasteiger partial charge in [0.15, 0.2) is 5.82 Å². The van der Waals surface area contributed by atoms with Crippen molar-refractivity contribution in [1.82, 2.24) is 15.5 Å². The van der Waals surface area contributed by atoms with Crippen LogP contribution in [-0.2, 0) is 10.5 Å². The van der Waals surface area contributed by atoms with Crippen LogP contribution in [0.1, 0.15) is 51.2 Å². The molecule has 2 rings (SSSR count). The molecule has 21 heavy (non-hydrogen) atoms. The van der Waals surface area contributed by atoms with Gasteiger partial charge in [-0.3, -0.25) is 0 Å². The molecule has 0 radical (unpaired) electrons. The van der Waals surface area contributed by atoms with Crippen LogP contribution in [0.4, 0.5) is 0 Å². The third kappa shape index (κ3) is 5.27. The minimum Gasteiger partial charge on any atom is -0.381 e. The maximum atomic E-state index is 5.60. The number of hydrogen-bond acceptors (Lipinski definition) is 6. The Kier molecular flexibility index (Phi) is 6.99. The van der Waals surface area contributed by atoms with Crippen molar-refractivity contribution in [3.63, 3.8) is 0 Å². The third-order valence-corrected chi connectivity index (χ3v) is 4.86. The fraction of sp³-hybridized carbons (Fsp3) is 0.867. The predicted octanol–water partition coefficient (Wildman–Crippen LogP) is 2.83. The Bertz CT molecular complexity index is 411. The summed E-state index contributed by atoms with van der Waals surface area (Å²) in [6.07, 6.45) is 2.13. The van der Waals surface area contributed by atoms with E-state index < -0.39 is 0 Å². The number of thioether (sulfide) groups is 1. The molecule has 0 spiro atoms. The molecule has 1 fully saturated rings. The maximum Gasteiger partial charge on any atom is 0.233 e. The molecule has 6 heteroatoms. The molecule has 2 atom stereocenters. The Hall–Kier alpha value is -0.590. The summed E-state index contributed by atoms with van der Waals surface area (Å²) in [5.41, 5.74) is 0. The van der Waals surface area contributed by atoms with Gasteiger partial charge < -0.3 is 14.6 Å². The summed E-state index contributed by atoms with van der Waals surface area (Å²) in [5.74, 6) is 4.34. The highest BCUT2D eigenvalue weighted by molar-refractivity contribution is 7.98. The summed E-state index contributed by atoms with van der Waals surface area (Å²) >= 11 is 1.86. The summed E-state index contributed by atoms with van der Waals surface area (Å²) in [6.45, 7) is 9.12. The molecule has 0 aromatic carbocycles. The molecule has 1 aromatic heterocycles. The molecule has 0 saturated carbocycles. The van der Waals surface area contributed by atoms with Gasteiger partial charge in [0.05, 0.1) is 18.3 Å². The van der Waals surface area contributed by atoms with Crippen LogP contribution >= 0.6 is 11.8 Å². The second-order valence-corrected chi connectivity index (χ2v) is 7.02. The van der Waals surface area contributed by atoms with E-state index in [1.807, 2.05) is 11.8 Å². The SMILES string of the molecule is CCCNC1CCOCC1c1nc(CSCC(C)C)no1. The van der Waals surface area contributed by atoms with E-state index in [2.05, 4.69) is 36.2 Å². The van der Waals surface area contributed by atoms with E-state index in [-0.39, 0.29) is 5.92 Å². The largest absolute Gasteiger partial charge is 0.381 e. The van der Waals surface area contributed by atoms with Gasteiger partial charge in [-0.05, 0) is 31.1 Å². The van der Waals surface area contributed by atoms with Crippen molar-refractivity contribution < 1.29 is 9.26 Å². The number of nitrogens with zero attached hydrogens (tertiary/aromatic N) is 2. The van der Waals surface area contributed by atoms with Crippen LogP contribution in [0.15, 0.2) is 4.52 Å². The standard InChI is InChI=1S/C15H27N3O2S/c1-4-6-16-13-5-7-19-8-12(13)15-17-14(18-20-15)10-21-9-11(2)3/h11-13,16H,4-10H2,1-3H3. The number of hydrogen-bond donors (Lipinski definition) is 1. The first-order chi connectivity index (χ1) is 10.2. The van der Waals surface area contributed by atoms with E-state index in [9.17, 15) is 0 Å². The summed E-state index contributed by atoms with van der Waals surface area (Å²) in [6, 6.07) is 0.385. The summed E-state index contributed by atoms with van der Waals surface area (Å²) in [5, 5.41) is 7.69. The highest BCUT2D eigenvalue weighted by Crippen LogP contribution is 2.25. The van der Waals surface area contributed by atoms with Crippen molar-refractivity contribution >= 4 is 11.8 Å². The Labute approximate surface area is 131 Å². The van der Waals surface area contributed by atoms with Gasteiger partial charge in [-0.1, -0.05) is 25.9 Å². The maximum absolute atomic E-state index is 5.60. The summed E-state index contributed by atoms with van der Waals surface area (Å²) in [7, 11) is 0. The Morgan fingerprint density at radius 3 is 3.05 bits per heavy atom. The third-order valence-electron chi connectivity index (χ3n) is 3.50. The average Bonchev–Trinajstić information content (AvgIpc) is 2.93. The minimum atomic E-state index is 0.182. The van der Waals surface area contributed by atoms with E-state index in [1.54, 1.807) is 0 Å². The molecule has 1 aromatic rings. The Balaban J connectivity index is 1.91. The van der Waals surface area contributed by atoms with Crippen molar-refractivity contribution in [1.29, 1.82) is 0 Å². The smallest absolute Gasteiger partial charge is 0.233 e. The normalized spacial score (nSPS) is 22.9. The molecule has 1 N–H and O–H groups in total. The van der Waals surface area contributed by atoms with Crippen molar-refractivity contribution in [3.8, 4) is 0 Å². The summed E-state index contributed by atoms with van der Waals surface area (Å²) in [4.78, 5) is 4.57. The van der Waals surface area contributed by atoms with E-state index in [0.29, 0.717) is 18.6 Å². The van der Waals surface area contributed by atoms with Gasteiger partial charge >= 0.3 is 0 Å². The van der Waals surface area contributed by atoms with Crippen LogP contribution < -0.4 is 5.32 Å². The van der Waals surface area contributed by atoms with Crippen molar-refractivity contribution in [2.24, 2.45) is 5.92 Å². The van der Waals surface area contributed by atoms with Gasteiger partial charge in [0.2, 0.25) is 5.89 Å². The quantitative estimate of drug-likeness (QED) is 0.796. The van der Waals surface area contributed by atoms with E-state index in [4.69, 9.17) is 9.26 Å². The lowest BCUT2D eigenvalue weighted by molar-refractivity contribution is 0.0498. The molecule has 0 bridgehead atoms. The lowest BCUT2D eigenvalue weighted by Gasteiger charge is -2.29. The van der Waals surface area contributed by atoms with Crippen molar-refractivity contribution in [3.05, 3.63) is 11.7 Å². The molecule has 2 heterocycles. The lowest BCUT2D eigenvalue weighted by Crippen LogP contribution is -2.41. The van der Waals surface area contributed by atoms with Crippen molar-refractivity contribution in [2.45, 2.75) is 51.3 Å². The minimum absolute atomic E-state index is 0.182. The fourth-order valence-electron chi connectivity index (χ4n) is 2.42. The first kappa shape index (κ1) is 16.8. The van der Waals surface area contributed by atoms with Crippen LogP contribution in [0.2, 0.25) is 0 Å². The average molecular weight is 313 g/mol. The fourth-order valence-corrected chi connectivity index (χ4v) is 3.31. The van der Waals surface area contributed by atoms with Crippen LogP contribution in [-0.4, -0.2) is 41.7 Å². The molecule has 1 aliphatic heterocycles. The van der Waals surface area contributed by atoms with Gasteiger partial charge in [-0.15, -0.1) is 0 Å². The number of ether oxygens (including phenoxy) is 1. The highest BCUT2D eigenvalue weighted by Gasteiger charge is 2.31. The van der Waals surface area contributed by atoms with Gasteiger partial charge in [-0.25, -0.2) is 0 Å². The number of nitrogens with one attached hydrogen (secondary N) is 1. The predicted molar refractivity (Wildman–Crippen MR) is 85.6 cm³/mol. The molecule has 0 amide bonds. The van der Waals surface area contributed by atoms with E-state index in [0.717, 1.165) is 49.2 Å². The molecule has 0 aliphatic carbocycles. The zero-order valence-corrected chi connectivity index (χ0v) is 14.1. The number of rotatable bonds is 8. The molecule has 1 aliphatic rings. The second kappa shape index (κ2) is 8.76. The molecular formula is C15H27N3O2S. The van der Waals surface area contributed by atoms with E-state index >= 15 is 0 Å². The van der Waals surface area contributed by atoms with Gasteiger partial charge in [0.1, 0.15) is 0 Å². The van der Waals surface area contributed by atoms with Crippen LogP contribution in [0, 0.1) is 5.92 Å². The highest BCUT2D eigenvalue weighted by atomic mass is 32.2. The summed E-state index contributed by atoms with van der Waals surface area (Å²) < 4.78 is 11.1. The van der Waals surface area contributed by atoms with Gasteiger partial charge in [0.25, 0.3) is 0 Å². The van der Waals surface area contributed by atoms with Gasteiger partial charge in [-0.2, -0.15) is 16.7 Å². The molecule has 2 unspecified atom stereocenters. The first-order valence-electron chi connectivity index (χ1n) is 7.92. The Morgan fingerprint density at radius 1 is 1.43 bits per heavy atom. The molecule has 120 valence electrons. The van der Waals surface area contributed by atoms with Crippen LogP contribution in [0.25, 0.3) is 0 Å². The topological polar surface area (TPSA) is 60.2 Å². The molecule has 1 saturated heterocycles. The monoisotopic (exact) mass is 313 g/mol.